The van der Waals surface area contributed by atoms with Crippen LogP contribution in [0.2, 0.25) is 0 Å². The zero-order valence-corrected chi connectivity index (χ0v) is 14.7. The fourth-order valence-electron chi connectivity index (χ4n) is 2.92. The average Bonchev–Trinajstić information content (AvgIpc) is 3.14. The topological polar surface area (TPSA) is 113 Å². The number of fused-ring (bicyclic) bond motifs is 1. The van der Waals surface area contributed by atoms with Gasteiger partial charge in [-0.2, -0.15) is 8.42 Å². The summed E-state index contributed by atoms with van der Waals surface area (Å²) in [5.74, 6) is -1.73. The number of esters is 2. The Morgan fingerprint density at radius 2 is 2.08 bits per heavy atom. The van der Waals surface area contributed by atoms with Crippen molar-refractivity contribution < 1.29 is 36.5 Å². The smallest absolute Gasteiger partial charge is 0.344 e. The summed E-state index contributed by atoms with van der Waals surface area (Å²) < 4.78 is 38.6. The van der Waals surface area contributed by atoms with E-state index < -0.39 is 46.1 Å². The maximum atomic E-state index is 11.8. The fraction of sp³-hybridized carbons (Fsp3) is 0.615. The third-order valence-electron chi connectivity index (χ3n) is 3.91. The standard InChI is InChI=1S/C13H14O8S3/c1-2-10(16)22-5-9(15)19-4-8(14)20-11-6-3-7-13(23-6)12(11)21-24(7,17)18/h2,6-7,11-13H,1,3-5H2. The molecule has 0 spiro atoms. The summed E-state index contributed by atoms with van der Waals surface area (Å²) in [7, 11) is -3.58. The molecule has 24 heavy (non-hydrogen) atoms. The SMILES string of the molecule is C=CC(=O)SCC(=O)OCC(=O)OC1C2CC3C(S2)C1OS3(=O)=O. The summed E-state index contributed by atoms with van der Waals surface area (Å²) in [6.45, 7) is 2.67. The summed E-state index contributed by atoms with van der Waals surface area (Å²) >= 11 is 2.18. The molecular weight excluding hydrogens is 380 g/mol. The van der Waals surface area contributed by atoms with Crippen LogP contribution in [0.4, 0.5) is 0 Å². The molecule has 132 valence electrons. The first-order valence-electron chi connectivity index (χ1n) is 7.03. The van der Waals surface area contributed by atoms with Crippen molar-refractivity contribution >= 4 is 50.7 Å². The minimum Gasteiger partial charge on any atom is -0.456 e. The molecular formula is C13H14O8S3. The Bertz CT molecular complexity index is 687. The second-order valence-electron chi connectivity index (χ2n) is 5.39. The van der Waals surface area contributed by atoms with Crippen LogP contribution in [0.25, 0.3) is 0 Å². The van der Waals surface area contributed by atoms with Crippen LogP contribution in [0, 0.1) is 0 Å². The second-order valence-corrected chi connectivity index (χ2v) is 9.58. The van der Waals surface area contributed by atoms with Gasteiger partial charge in [-0.05, 0) is 12.5 Å². The van der Waals surface area contributed by atoms with Gasteiger partial charge in [0.15, 0.2) is 6.61 Å². The summed E-state index contributed by atoms with van der Waals surface area (Å²) in [6, 6.07) is 0. The van der Waals surface area contributed by atoms with Crippen molar-refractivity contribution in [1.29, 1.82) is 0 Å². The number of ether oxygens (including phenoxy) is 2. The van der Waals surface area contributed by atoms with Crippen LogP contribution in [0.3, 0.4) is 0 Å². The van der Waals surface area contributed by atoms with E-state index in [1.807, 2.05) is 0 Å². The van der Waals surface area contributed by atoms with Gasteiger partial charge in [0.1, 0.15) is 17.5 Å². The average molecular weight is 394 g/mol. The van der Waals surface area contributed by atoms with Crippen LogP contribution in [0.15, 0.2) is 12.7 Å². The highest BCUT2D eigenvalue weighted by Crippen LogP contribution is 2.55. The largest absolute Gasteiger partial charge is 0.456 e. The van der Waals surface area contributed by atoms with E-state index in [1.54, 1.807) is 0 Å². The van der Waals surface area contributed by atoms with Gasteiger partial charge in [-0.1, -0.05) is 18.3 Å². The molecule has 5 unspecified atom stereocenters. The lowest BCUT2D eigenvalue weighted by Gasteiger charge is -2.23. The Morgan fingerprint density at radius 1 is 1.33 bits per heavy atom. The lowest BCUT2D eigenvalue weighted by atomic mass is 9.94. The zero-order chi connectivity index (χ0) is 17.5. The van der Waals surface area contributed by atoms with E-state index in [0.29, 0.717) is 18.2 Å². The quantitative estimate of drug-likeness (QED) is 0.343. The number of carbonyl (C=O) groups is 3. The predicted molar refractivity (Wildman–Crippen MR) is 85.9 cm³/mol. The number of thioether (sulfide) groups is 2. The molecule has 0 aromatic rings. The highest BCUT2D eigenvalue weighted by Gasteiger charge is 2.66. The molecule has 0 aliphatic carbocycles. The molecule has 3 aliphatic rings. The first-order valence-corrected chi connectivity index (χ1v) is 10.4. The molecule has 0 radical (unpaired) electrons. The maximum absolute atomic E-state index is 11.8. The van der Waals surface area contributed by atoms with Crippen molar-refractivity contribution in [2.24, 2.45) is 0 Å². The minimum absolute atomic E-state index is 0.123. The van der Waals surface area contributed by atoms with Crippen LogP contribution in [-0.4, -0.2) is 65.8 Å². The van der Waals surface area contributed by atoms with Crippen LogP contribution in [0.1, 0.15) is 6.42 Å². The molecule has 11 heteroatoms. The van der Waals surface area contributed by atoms with Gasteiger partial charge in [-0.25, -0.2) is 4.79 Å². The number of hydrogen-bond donors (Lipinski definition) is 0. The van der Waals surface area contributed by atoms with Gasteiger partial charge in [0, 0.05) is 5.25 Å². The molecule has 3 heterocycles. The molecule has 0 N–H and O–H groups in total. The second kappa shape index (κ2) is 6.70. The first-order chi connectivity index (χ1) is 11.3. The molecule has 0 amide bonds. The van der Waals surface area contributed by atoms with E-state index in [-0.39, 0.29) is 21.4 Å². The normalized spacial score (nSPS) is 34.8. The van der Waals surface area contributed by atoms with Gasteiger partial charge >= 0.3 is 11.9 Å². The van der Waals surface area contributed by atoms with Gasteiger partial charge in [0.2, 0.25) is 5.12 Å². The highest BCUT2D eigenvalue weighted by molar-refractivity contribution is 8.14. The zero-order valence-electron chi connectivity index (χ0n) is 12.3. The van der Waals surface area contributed by atoms with Crippen LogP contribution in [0.5, 0.6) is 0 Å². The highest BCUT2D eigenvalue weighted by atomic mass is 32.2. The van der Waals surface area contributed by atoms with Gasteiger partial charge < -0.3 is 9.47 Å². The summed E-state index contributed by atoms with van der Waals surface area (Å²) in [6.07, 6.45) is 0.148. The molecule has 8 nitrogen and oxygen atoms in total. The maximum Gasteiger partial charge on any atom is 0.344 e. The molecule has 0 saturated carbocycles. The molecule has 0 aromatic heterocycles. The Morgan fingerprint density at radius 3 is 2.79 bits per heavy atom. The first kappa shape index (κ1) is 17.8. The fourth-order valence-corrected chi connectivity index (χ4v) is 7.53. The molecule has 3 saturated heterocycles. The monoisotopic (exact) mass is 394 g/mol. The van der Waals surface area contributed by atoms with Crippen LogP contribution < -0.4 is 0 Å². The summed E-state index contributed by atoms with van der Waals surface area (Å²) in [5.41, 5.74) is 0. The van der Waals surface area contributed by atoms with E-state index in [1.165, 1.54) is 11.8 Å². The molecule has 3 fully saturated rings. The number of rotatable bonds is 6. The summed E-state index contributed by atoms with van der Waals surface area (Å²) in [4.78, 5) is 34.2. The Balaban J connectivity index is 1.46. The van der Waals surface area contributed by atoms with Crippen molar-refractivity contribution in [3.8, 4) is 0 Å². The number of hydrogen-bond acceptors (Lipinski definition) is 10. The van der Waals surface area contributed by atoms with Gasteiger partial charge in [-0.3, -0.25) is 13.8 Å². The minimum atomic E-state index is -3.58. The van der Waals surface area contributed by atoms with Crippen molar-refractivity contribution in [2.45, 2.75) is 34.4 Å². The molecule has 2 bridgehead atoms. The van der Waals surface area contributed by atoms with Gasteiger partial charge in [-0.15, -0.1) is 11.8 Å². The Labute approximate surface area is 146 Å². The Hall–Kier alpha value is -1.04. The third-order valence-corrected chi connectivity index (χ3v) is 8.35. The molecule has 5 atom stereocenters. The van der Waals surface area contributed by atoms with Crippen molar-refractivity contribution in [3.63, 3.8) is 0 Å². The molecule has 0 aromatic carbocycles. The van der Waals surface area contributed by atoms with Gasteiger partial charge in [0.25, 0.3) is 10.1 Å². The van der Waals surface area contributed by atoms with E-state index in [9.17, 15) is 22.8 Å². The van der Waals surface area contributed by atoms with Crippen molar-refractivity contribution in [2.75, 3.05) is 12.4 Å². The van der Waals surface area contributed by atoms with Gasteiger partial charge in [0.05, 0.1) is 11.0 Å². The molecule has 3 aliphatic heterocycles. The molecule has 3 rings (SSSR count). The van der Waals surface area contributed by atoms with Crippen LogP contribution >= 0.6 is 23.5 Å². The van der Waals surface area contributed by atoms with E-state index in [2.05, 4.69) is 6.58 Å². The predicted octanol–water partition coefficient (Wildman–Crippen LogP) is -0.128. The van der Waals surface area contributed by atoms with Crippen molar-refractivity contribution in [1.82, 2.24) is 0 Å². The van der Waals surface area contributed by atoms with Crippen molar-refractivity contribution in [3.05, 3.63) is 12.7 Å². The lowest BCUT2D eigenvalue weighted by molar-refractivity contribution is -0.164. The van der Waals surface area contributed by atoms with E-state index in [4.69, 9.17) is 13.7 Å². The Kier molecular flexibility index (Phi) is 4.96. The lowest BCUT2D eigenvalue weighted by Crippen LogP contribution is -2.42. The van der Waals surface area contributed by atoms with E-state index in [0.717, 1.165) is 6.08 Å². The number of carbonyl (C=O) groups excluding carboxylic acids is 3. The van der Waals surface area contributed by atoms with E-state index >= 15 is 0 Å². The third kappa shape index (κ3) is 3.35. The summed E-state index contributed by atoms with van der Waals surface area (Å²) in [5, 5.41) is -1.23. The van der Waals surface area contributed by atoms with Crippen LogP contribution in [-0.2, 0) is 38.2 Å².